The maximum atomic E-state index is 12.7. The van der Waals surface area contributed by atoms with E-state index in [2.05, 4.69) is 11.1 Å². The van der Waals surface area contributed by atoms with Crippen molar-refractivity contribution in [2.45, 2.75) is 6.92 Å². The minimum Gasteiger partial charge on any atom is -0.455 e. The summed E-state index contributed by atoms with van der Waals surface area (Å²) in [7, 11) is 0. The Balaban J connectivity index is 1.59. The summed E-state index contributed by atoms with van der Waals surface area (Å²) >= 11 is 1.67. The van der Waals surface area contributed by atoms with Gasteiger partial charge in [0, 0.05) is 36.3 Å². The molecule has 0 saturated carbocycles. The van der Waals surface area contributed by atoms with Gasteiger partial charge in [0.25, 0.3) is 5.91 Å². The minimum atomic E-state index is -0.0969. The van der Waals surface area contributed by atoms with Gasteiger partial charge in [0.15, 0.2) is 5.76 Å². The lowest BCUT2D eigenvalue weighted by Gasteiger charge is -2.35. The van der Waals surface area contributed by atoms with Crippen LogP contribution in [-0.4, -0.2) is 35.1 Å². The molecule has 28 heavy (non-hydrogen) atoms. The van der Waals surface area contributed by atoms with Crippen LogP contribution in [0, 0.1) is 29.6 Å². The lowest BCUT2D eigenvalue weighted by molar-refractivity contribution is 0.0577. The third-order valence-electron chi connectivity index (χ3n) is 4.85. The van der Waals surface area contributed by atoms with Gasteiger partial charge in [-0.05, 0) is 47.5 Å². The summed E-state index contributed by atoms with van der Waals surface area (Å²) in [5, 5.41) is 19.5. The number of nitrogens with zero attached hydrogens (tertiary/aromatic N) is 2. The summed E-state index contributed by atoms with van der Waals surface area (Å²) in [5.41, 5.74) is 1.98. The van der Waals surface area contributed by atoms with Gasteiger partial charge in [0.05, 0.1) is 23.2 Å². The molecule has 1 saturated heterocycles. The van der Waals surface area contributed by atoms with Gasteiger partial charge in [-0.3, -0.25) is 4.79 Å². The number of benzene rings is 1. The first-order valence-electron chi connectivity index (χ1n) is 8.84. The molecule has 2 aromatic heterocycles. The van der Waals surface area contributed by atoms with Crippen LogP contribution in [0.2, 0.25) is 0 Å². The first-order chi connectivity index (χ1) is 13.6. The average molecular weight is 390 g/mol. The third kappa shape index (κ3) is 3.19. The van der Waals surface area contributed by atoms with E-state index in [0.29, 0.717) is 35.9 Å². The number of carbonyl (C=O) groups is 1. The Morgan fingerprint density at radius 2 is 2.25 bits per heavy atom. The molecule has 1 aromatic carbocycles. The predicted molar refractivity (Wildman–Crippen MR) is 110 cm³/mol. The molecule has 0 unspecified atom stereocenters. The van der Waals surface area contributed by atoms with Crippen LogP contribution in [0.1, 0.15) is 21.6 Å². The van der Waals surface area contributed by atoms with Gasteiger partial charge in [-0.1, -0.05) is 0 Å². The first kappa shape index (κ1) is 18.0. The number of nitriles is 1. The van der Waals surface area contributed by atoms with Crippen LogP contribution in [-0.2, 0) is 0 Å². The van der Waals surface area contributed by atoms with Gasteiger partial charge in [-0.25, -0.2) is 0 Å². The van der Waals surface area contributed by atoms with Crippen LogP contribution in [0.3, 0.4) is 0 Å². The van der Waals surface area contributed by atoms with E-state index in [4.69, 9.17) is 15.4 Å². The molecular weight excluding hydrogens is 372 g/mol. The lowest BCUT2D eigenvalue weighted by atomic mass is 10.00. The third-order valence-corrected chi connectivity index (χ3v) is 5.75. The molecule has 7 heteroatoms. The van der Waals surface area contributed by atoms with Crippen molar-refractivity contribution < 1.29 is 9.53 Å². The molecule has 140 valence electrons. The second kappa shape index (κ2) is 7.33. The second-order valence-corrected chi connectivity index (χ2v) is 7.61. The summed E-state index contributed by atoms with van der Waals surface area (Å²) in [4.78, 5) is 17.5. The zero-order chi connectivity index (χ0) is 19.7. The fourth-order valence-corrected chi connectivity index (χ4v) is 4.02. The normalized spacial score (nSPS) is 14.6. The van der Waals surface area contributed by atoms with Gasteiger partial charge in [0.2, 0.25) is 0 Å². The van der Waals surface area contributed by atoms with E-state index in [1.165, 1.54) is 4.70 Å². The molecule has 0 bridgehead atoms. The molecule has 3 aromatic rings. The molecule has 1 aliphatic heterocycles. The maximum Gasteiger partial charge on any atom is 0.255 e. The van der Waals surface area contributed by atoms with Crippen molar-refractivity contribution in [2.24, 2.45) is 5.92 Å². The Hall–Kier alpha value is -3.37. The SMILES string of the molecule is Cc1c(C(=O)N2CC(C#N)C2)c[nH]c1/C(=C\C=N)Oc1ccc2sccc2c1. The minimum absolute atomic E-state index is 0.0774. The highest BCUT2D eigenvalue weighted by molar-refractivity contribution is 7.17. The maximum absolute atomic E-state index is 12.7. The molecule has 3 heterocycles. The van der Waals surface area contributed by atoms with Crippen molar-refractivity contribution in [1.82, 2.24) is 9.88 Å². The topological polar surface area (TPSA) is 93.0 Å². The molecule has 0 radical (unpaired) electrons. The highest BCUT2D eigenvalue weighted by Crippen LogP contribution is 2.30. The van der Waals surface area contributed by atoms with E-state index in [-0.39, 0.29) is 11.8 Å². The summed E-state index contributed by atoms with van der Waals surface area (Å²) in [5.74, 6) is 0.965. The Kier molecular flexibility index (Phi) is 4.72. The number of rotatable bonds is 5. The van der Waals surface area contributed by atoms with Crippen LogP contribution in [0.5, 0.6) is 5.75 Å². The Bertz CT molecular complexity index is 1130. The number of hydrogen-bond acceptors (Lipinski definition) is 5. The highest BCUT2D eigenvalue weighted by atomic mass is 32.1. The number of aromatic nitrogens is 1. The van der Waals surface area contributed by atoms with Crippen molar-refractivity contribution in [2.75, 3.05) is 13.1 Å². The molecule has 1 fully saturated rings. The van der Waals surface area contributed by atoms with E-state index >= 15 is 0 Å². The van der Waals surface area contributed by atoms with Crippen molar-refractivity contribution in [3.63, 3.8) is 0 Å². The Morgan fingerprint density at radius 1 is 1.43 bits per heavy atom. The van der Waals surface area contributed by atoms with E-state index in [0.717, 1.165) is 17.2 Å². The van der Waals surface area contributed by atoms with Crippen LogP contribution in [0.25, 0.3) is 15.8 Å². The van der Waals surface area contributed by atoms with Gasteiger partial charge < -0.3 is 20.0 Å². The zero-order valence-corrected chi connectivity index (χ0v) is 16.0. The molecular formula is C21H18N4O2S. The van der Waals surface area contributed by atoms with E-state index in [9.17, 15) is 4.79 Å². The van der Waals surface area contributed by atoms with Gasteiger partial charge in [-0.15, -0.1) is 11.3 Å². The fourth-order valence-electron chi connectivity index (χ4n) is 3.25. The number of hydrogen-bond donors (Lipinski definition) is 2. The Labute approximate surface area is 166 Å². The number of fused-ring (bicyclic) bond motifs is 1. The average Bonchev–Trinajstić information content (AvgIpc) is 3.26. The van der Waals surface area contributed by atoms with Crippen LogP contribution in [0.15, 0.2) is 41.9 Å². The first-order valence-corrected chi connectivity index (χ1v) is 9.71. The largest absolute Gasteiger partial charge is 0.455 e. The molecule has 6 nitrogen and oxygen atoms in total. The number of carbonyl (C=O) groups excluding carboxylic acids is 1. The van der Waals surface area contributed by atoms with Crippen molar-refractivity contribution in [3.05, 3.63) is 58.7 Å². The molecule has 1 aliphatic rings. The number of allylic oxidation sites excluding steroid dienone is 1. The van der Waals surface area contributed by atoms with Crippen LogP contribution >= 0.6 is 11.3 Å². The summed E-state index contributed by atoms with van der Waals surface area (Å²) in [6.07, 6.45) is 4.38. The van der Waals surface area contributed by atoms with Gasteiger partial charge >= 0.3 is 0 Å². The molecule has 1 amide bonds. The number of ether oxygens (including phenoxy) is 1. The zero-order valence-electron chi connectivity index (χ0n) is 15.2. The Morgan fingerprint density at radius 3 is 3.00 bits per heavy atom. The summed E-state index contributed by atoms with van der Waals surface area (Å²) in [6, 6.07) is 10.1. The van der Waals surface area contributed by atoms with Crippen LogP contribution < -0.4 is 4.74 Å². The second-order valence-electron chi connectivity index (χ2n) is 6.66. The quantitative estimate of drug-likeness (QED) is 0.505. The lowest BCUT2D eigenvalue weighted by Crippen LogP contribution is -2.49. The van der Waals surface area contributed by atoms with Crippen molar-refractivity contribution in [3.8, 4) is 11.8 Å². The number of thiophene rings is 1. The summed E-state index contributed by atoms with van der Waals surface area (Å²) in [6.45, 7) is 2.79. The van der Waals surface area contributed by atoms with E-state index in [1.807, 2.05) is 36.6 Å². The standard InChI is InChI=1S/C21H18N4O2S/c1-13-17(21(26)25-11-14(9-23)12-25)10-24-20(13)18(4-6-22)27-16-2-3-19-15(8-16)5-7-28-19/h2-8,10,14,22,24H,11-12H2,1H3/b18-4+,22-6?. The number of H-pyrrole nitrogens is 1. The predicted octanol–water partition coefficient (Wildman–Crippen LogP) is 4.20. The number of aromatic amines is 1. The monoisotopic (exact) mass is 390 g/mol. The molecule has 4 rings (SSSR count). The van der Waals surface area contributed by atoms with Crippen molar-refractivity contribution >= 4 is 39.3 Å². The number of nitrogens with one attached hydrogen (secondary N) is 2. The van der Waals surface area contributed by atoms with E-state index < -0.39 is 0 Å². The number of likely N-dealkylation sites (tertiary alicyclic amines) is 1. The molecule has 0 aliphatic carbocycles. The number of amides is 1. The molecule has 0 atom stereocenters. The van der Waals surface area contributed by atoms with Crippen LogP contribution in [0.4, 0.5) is 0 Å². The van der Waals surface area contributed by atoms with Gasteiger partial charge in [-0.2, -0.15) is 5.26 Å². The van der Waals surface area contributed by atoms with E-state index in [1.54, 1.807) is 28.5 Å². The molecule has 2 N–H and O–H groups in total. The molecule has 0 spiro atoms. The van der Waals surface area contributed by atoms with Gasteiger partial charge in [0.1, 0.15) is 5.75 Å². The smallest absolute Gasteiger partial charge is 0.255 e. The fraction of sp³-hybridized carbons (Fsp3) is 0.190. The van der Waals surface area contributed by atoms with Crippen molar-refractivity contribution in [1.29, 1.82) is 10.7 Å². The highest BCUT2D eigenvalue weighted by Gasteiger charge is 2.32. The summed E-state index contributed by atoms with van der Waals surface area (Å²) < 4.78 is 7.22.